The van der Waals surface area contributed by atoms with Gasteiger partial charge < -0.3 is 4.90 Å². The lowest BCUT2D eigenvalue weighted by Gasteiger charge is -2.22. The third-order valence-electron chi connectivity index (χ3n) is 4.55. The van der Waals surface area contributed by atoms with Gasteiger partial charge in [-0.1, -0.05) is 12.1 Å². The van der Waals surface area contributed by atoms with E-state index in [2.05, 4.69) is 15.1 Å². The van der Waals surface area contributed by atoms with Crippen LogP contribution < -0.4 is 0 Å². The second kappa shape index (κ2) is 6.48. The summed E-state index contributed by atoms with van der Waals surface area (Å²) in [7, 11) is 0. The molecule has 0 aliphatic heterocycles. The number of benzene rings is 1. The van der Waals surface area contributed by atoms with Crippen LogP contribution in [0.4, 0.5) is 4.39 Å². The number of rotatable bonds is 5. The maximum Gasteiger partial charge on any atom is 0.252 e. The number of carbonyl (C=O) groups is 1. The summed E-state index contributed by atoms with van der Waals surface area (Å²) in [5.74, 6) is 0.704. The molecule has 0 radical (unpaired) electrons. The summed E-state index contributed by atoms with van der Waals surface area (Å²) in [5, 5.41) is 4.42. The molecule has 1 aliphatic rings. The zero-order valence-electron chi connectivity index (χ0n) is 14.8. The number of nitrogens with zero attached hydrogens (tertiary/aromatic N) is 5. The fourth-order valence-electron chi connectivity index (χ4n) is 3.11. The second-order valence-electron chi connectivity index (χ2n) is 6.83. The van der Waals surface area contributed by atoms with Gasteiger partial charge in [-0.25, -0.2) is 13.9 Å². The molecule has 0 N–H and O–H groups in total. The molecule has 134 valence electrons. The Hall–Kier alpha value is -2.83. The lowest BCUT2D eigenvalue weighted by molar-refractivity contribution is -0.131. The summed E-state index contributed by atoms with van der Waals surface area (Å²) < 4.78 is 14.8. The molecule has 0 saturated heterocycles. The predicted molar refractivity (Wildman–Crippen MR) is 93.9 cm³/mol. The van der Waals surface area contributed by atoms with Gasteiger partial charge in [0.1, 0.15) is 5.82 Å². The number of carbonyl (C=O) groups excluding carboxylic acids is 1. The standard InChI is InChI=1S/C19H20FN5O/c1-12-9-13(2)25-19(21-12)22-17(23-25)10-18(26)24(16-7-8-16)11-14-3-5-15(20)6-4-14/h3-6,9,16H,7-8,10-11H2,1-2H3. The molecule has 7 heteroatoms. The van der Waals surface area contributed by atoms with E-state index in [0.29, 0.717) is 18.1 Å². The molecule has 3 aromatic rings. The monoisotopic (exact) mass is 353 g/mol. The number of aromatic nitrogens is 4. The maximum absolute atomic E-state index is 13.1. The molecule has 2 heterocycles. The number of aryl methyl sites for hydroxylation is 2. The van der Waals surface area contributed by atoms with Crippen molar-refractivity contribution in [1.82, 2.24) is 24.5 Å². The molecule has 0 bridgehead atoms. The van der Waals surface area contributed by atoms with Gasteiger partial charge in [-0.2, -0.15) is 4.98 Å². The van der Waals surface area contributed by atoms with Gasteiger partial charge >= 0.3 is 0 Å². The molecule has 26 heavy (non-hydrogen) atoms. The van der Waals surface area contributed by atoms with E-state index in [4.69, 9.17) is 0 Å². The molecule has 0 spiro atoms. The Morgan fingerprint density at radius 1 is 1.23 bits per heavy atom. The van der Waals surface area contributed by atoms with E-state index < -0.39 is 0 Å². The second-order valence-corrected chi connectivity index (χ2v) is 6.83. The first-order chi connectivity index (χ1) is 12.5. The molecule has 1 amide bonds. The van der Waals surface area contributed by atoms with Gasteiger partial charge in [0.05, 0.1) is 6.42 Å². The zero-order valence-corrected chi connectivity index (χ0v) is 14.8. The molecule has 6 nitrogen and oxygen atoms in total. The van der Waals surface area contributed by atoms with Crippen LogP contribution in [0.3, 0.4) is 0 Å². The van der Waals surface area contributed by atoms with Crippen molar-refractivity contribution in [2.24, 2.45) is 0 Å². The van der Waals surface area contributed by atoms with Crippen LogP contribution in [0.25, 0.3) is 5.78 Å². The molecule has 1 aromatic carbocycles. The summed E-state index contributed by atoms with van der Waals surface area (Å²) >= 11 is 0. The summed E-state index contributed by atoms with van der Waals surface area (Å²) in [6.45, 7) is 4.32. The van der Waals surface area contributed by atoms with Crippen LogP contribution in [-0.2, 0) is 17.8 Å². The first kappa shape index (κ1) is 16.6. The van der Waals surface area contributed by atoms with Crippen molar-refractivity contribution in [3.05, 3.63) is 58.9 Å². The van der Waals surface area contributed by atoms with Crippen LogP contribution in [0.15, 0.2) is 30.3 Å². The summed E-state index contributed by atoms with van der Waals surface area (Å²) in [6.07, 6.45) is 2.15. The highest BCUT2D eigenvalue weighted by molar-refractivity contribution is 5.78. The molecular weight excluding hydrogens is 333 g/mol. The van der Waals surface area contributed by atoms with E-state index >= 15 is 0 Å². The predicted octanol–water partition coefficient (Wildman–Crippen LogP) is 2.61. The molecule has 2 aromatic heterocycles. The third kappa shape index (κ3) is 3.42. The fraction of sp³-hybridized carbons (Fsp3) is 0.368. The lowest BCUT2D eigenvalue weighted by Crippen LogP contribution is -2.34. The Morgan fingerprint density at radius 2 is 1.96 bits per heavy atom. The molecule has 0 atom stereocenters. The van der Waals surface area contributed by atoms with Crippen LogP contribution in [0.2, 0.25) is 0 Å². The van der Waals surface area contributed by atoms with Gasteiger partial charge in [-0.05, 0) is 50.5 Å². The minimum atomic E-state index is -0.273. The van der Waals surface area contributed by atoms with Crippen LogP contribution >= 0.6 is 0 Å². The van der Waals surface area contributed by atoms with Gasteiger partial charge in [-0.15, -0.1) is 5.10 Å². The Morgan fingerprint density at radius 3 is 2.65 bits per heavy atom. The van der Waals surface area contributed by atoms with Crippen molar-refractivity contribution in [2.45, 2.75) is 45.7 Å². The normalized spacial score (nSPS) is 14.0. The molecular formula is C19H20FN5O. The number of fused-ring (bicyclic) bond motifs is 1. The van der Waals surface area contributed by atoms with Gasteiger partial charge in [-0.3, -0.25) is 4.79 Å². The van der Waals surface area contributed by atoms with Crippen molar-refractivity contribution >= 4 is 11.7 Å². The quantitative estimate of drug-likeness (QED) is 0.707. The van der Waals surface area contributed by atoms with Crippen molar-refractivity contribution in [1.29, 1.82) is 0 Å². The van der Waals surface area contributed by atoms with Crippen molar-refractivity contribution in [3.8, 4) is 0 Å². The molecule has 1 saturated carbocycles. The number of amides is 1. The Balaban J connectivity index is 1.53. The topological polar surface area (TPSA) is 63.4 Å². The smallest absolute Gasteiger partial charge is 0.252 e. The van der Waals surface area contributed by atoms with Gasteiger partial charge in [0.2, 0.25) is 5.91 Å². The van der Waals surface area contributed by atoms with Crippen LogP contribution in [0.1, 0.15) is 35.6 Å². The molecule has 1 aliphatic carbocycles. The average Bonchev–Trinajstić information content (AvgIpc) is 3.34. The maximum atomic E-state index is 13.1. The highest BCUT2D eigenvalue weighted by atomic mass is 19.1. The Kier molecular flexibility index (Phi) is 4.14. The summed E-state index contributed by atoms with van der Waals surface area (Å²) in [4.78, 5) is 23.4. The summed E-state index contributed by atoms with van der Waals surface area (Å²) in [5.41, 5.74) is 2.72. The van der Waals surface area contributed by atoms with Crippen LogP contribution in [-0.4, -0.2) is 36.4 Å². The number of hydrogen-bond acceptors (Lipinski definition) is 4. The minimum Gasteiger partial charge on any atom is -0.335 e. The lowest BCUT2D eigenvalue weighted by atomic mass is 10.2. The molecule has 4 rings (SSSR count). The zero-order chi connectivity index (χ0) is 18.3. The highest BCUT2D eigenvalue weighted by Gasteiger charge is 2.33. The van der Waals surface area contributed by atoms with E-state index in [1.54, 1.807) is 16.6 Å². The molecule has 1 fully saturated rings. The van der Waals surface area contributed by atoms with E-state index in [0.717, 1.165) is 29.8 Å². The first-order valence-electron chi connectivity index (χ1n) is 8.73. The van der Waals surface area contributed by atoms with Crippen LogP contribution in [0.5, 0.6) is 0 Å². The minimum absolute atomic E-state index is 0.0119. The van der Waals surface area contributed by atoms with Gasteiger partial charge in [0, 0.05) is 24.0 Å². The van der Waals surface area contributed by atoms with Crippen molar-refractivity contribution in [3.63, 3.8) is 0 Å². The Bertz CT molecular complexity index is 962. The molecule has 0 unspecified atom stereocenters. The number of halogens is 1. The van der Waals surface area contributed by atoms with Gasteiger partial charge in [0.25, 0.3) is 5.78 Å². The van der Waals surface area contributed by atoms with E-state index in [-0.39, 0.29) is 24.2 Å². The average molecular weight is 353 g/mol. The van der Waals surface area contributed by atoms with Crippen molar-refractivity contribution < 1.29 is 9.18 Å². The van der Waals surface area contributed by atoms with E-state index in [1.165, 1.54) is 12.1 Å². The highest BCUT2D eigenvalue weighted by Crippen LogP contribution is 2.29. The van der Waals surface area contributed by atoms with E-state index in [1.807, 2.05) is 24.8 Å². The third-order valence-corrected chi connectivity index (χ3v) is 4.55. The summed E-state index contributed by atoms with van der Waals surface area (Å²) in [6, 6.07) is 8.47. The number of hydrogen-bond donors (Lipinski definition) is 0. The van der Waals surface area contributed by atoms with Crippen LogP contribution in [0, 0.1) is 19.7 Å². The first-order valence-corrected chi connectivity index (χ1v) is 8.73. The SMILES string of the molecule is Cc1cc(C)n2nc(CC(=O)N(Cc3ccc(F)cc3)C3CC3)nc2n1. The fourth-order valence-corrected chi connectivity index (χ4v) is 3.11. The van der Waals surface area contributed by atoms with Gasteiger partial charge in [0.15, 0.2) is 5.82 Å². The largest absolute Gasteiger partial charge is 0.335 e. The Labute approximate surface area is 150 Å². The van der Waals surface area contributed by atoms with Crippen molar-refractivity contribution in [2.75, 3.05) is 0 Å². The van der Waals surface area contributed by atoms with E-state index in [9.17, 15) is 9.18 Å².